The van der Waals surface area contributed by atoms with Crippen molar-refractivity contribution in [3.05, 3.63) is 41.4 Å². The highest BCUT2D eigenvalue weighted by molar-refractivity contribution is 7.07. The summed E-state index contributed by atoms with van der Waals surface area (Å²) in [6.45, 7) is -0.402. The maximum atomic E-state index is 12.1. The Bertz CT molecular complexity index is 542. The molecule has 1 N–H and O–H groups in total. The minimum absolute atomic E-state index is 0.306. The third kappa shape index (κ3) is 2.69. The van der Waals surface area contributed by atoms with Gasteiger partial charge in [-0.3, -0.25) is 14.5 Å². The fraction of sp³-hybridized carbons (Fsp3) is 0.0909. The summed E-state index contributed by atoms with van der Waals surface area (Å²) in [7, 11) is 0. The molecule has 0 saturated heterocycles. The Hall–Kier alpha value is -2.28. The van der Waals surface area contributed by atoms with Crippen molar-refractivity contribution in [2.45, 2.75) is 0 Å². The van der Waals surface area contributed by atoms with Crippen LogP contribution in [0.1, 0.15) is 9.67 Å². The van der Waals surface area contributed by atoms with Gasteiger partial charge in [0.25, 0.3) is 5.91 Å². The molecule has 0 fully saturated rings. The molecule has 6 nitrogen and oxygen atoms in total. The summed E-state index contributed by atoms with van der Waals surface area (Å²) in [5, 5.41) is 12.4. The standard InChI is InChI=1S/C11H9N3O3S/c15-10(16)7-14(8-4-2-1-3-5-8)11(17)9-6-12-13-18-9/h1-6H,7H2,(H,15,16). The highest BCUT2D eigenvalue weighted by Crippen LogP contribution is 2.17. The smallest absolute Gasteiger partial charge is 0.323 e. The first-order valence-electron chi connectivity index (χ1n) is 5.04. The van der Waals surface area contributed by atoms with E-state index in [2.05, 4.69) is 9.59 Å². The summed E-state index contributed by atoms with van der Waals surface area (Å²) in [4.78, 5) is 24.5. The number of aliphatic carboxylic acids is 1. The lowest BCUT2D eigenvalue weighted by molar-refractivity contribution is -0.135. The Balaban J connectivity index is 2.31. The number of nitrogens with zero attached hydrogens (tertiary/aromatic N) is 3. The van der Waals surface area contributed by atoms with Gasteiger partial charge in [-0.15, -0.1) is 5.10 Å². The molecule has 2 rings (SSSR count). The second kappa shape index (κ2) is 5.37. The number of carboxylic acid groups (broad SMARTS) is 1. The average Bonchev–Trinajstić information content (AvgIpc) is 2.90. The maximum Gasteiger partial charge on any atom is 0.323 e. The van der Waals surface area contributed by atoms with Crippen LogP contribution in [-0.4, -0.2) is 33.1 Å². The minimum atomic E-state index is -1.08. The van der Waals surface area contributed by atoms with Crippen LogP contribution in [0.15, 0.2) is 36.5 Å². The molecule has 7 heteroatoms. The zero-order valence-corrected chi connectivity index (χ0v) is 10.0. The Labute approximate surface area is 107 Å². The number of amides is 1. The molecule has 0 bridgehead atoms. The van der Waals surface area contributed by atoms with Crippen molar-refractivity contribution in [1.82, 2.24) is 9.59 Å². The normalized spacial score (nSPS) is 10.0. The predicted molar refractivity (Wildman–Crippen MR) is 65.7 cm³/mol. The number of rotatable bonds is 4. The molecule has 1 aromatic heterocycles. The summed E-state index contributed by atoms with van der Waals surface area (Å²) in [6, 6.07) is 8.62. The molecule has 0 saturated carbocycles. The fourth-order valence-corrected chi connectivity index (χ4v) is 1.88. The predicted octanol–water partition coefficient (Wildman–Crippen LogP) is 1.27. The lowest BCUT2D eigenvalue weighted by Gasteiger charge is -2.19. The van der Waals surface area contributed by atoms with Gasteiger partial charge in [0, 0.05) is 5.69 Å². The van der Waals surface area contributed by atoms with E-state index < -0.39 is 18.4 Å². The first-order chi connectivity index (χ1) is 8.68. The molecule has 0 aliphatic rings. The number of benzene rings is 1. The second-order valence-electron chi connectivity index (χ2n) is 3.40. The molecular formula is C11H9N3O3S. The van der Waals surface area contributed by atoms with E-state index in [1.165, 1.54) is 11.1 Å². The number of anilines is 1. The minimum Gasteiger partial charge on any atom is -0.480 e. The highest BCUT2D eigenvalue weighted by atomic mass is 32.1. The molecule has 0 aliphatic carbocycles. The van der Waals surface area contributed by atoms with E-state index >= 15 is 0 Å². The SMILES string of the molecule is O=C(O)CN(C(=O)c1cnns1)c1ccccc1. The van der Waals surface area contributed by atoms with E-state index in [0.717, 1.165) is 11.5 Å². The van der Waals surface area contributed by atoms with Crippen LogP contribution in [0.5, 0.6) is 0 Å². The number of hydrogen-bond donors (Lipinski definition) is 1. The van der Waals surface area contributed by atoms with Crippen LogP contribution >= 0.6 is 11.5 Å². The molecule has 0 atom stereocenters. The summed E-state index contributed by atoms with van der Waals surface area (Å²) in [5.41, 5.74) is 0.526. The topological polar surface area (TPSA) is 83.4 Å². The average molecular weight is 263 g/mol. The molecule has 0 radical (unpaired) electrons. The van der Waals surface area contributed by atoms with Gasteiger partial charge in [0.05, 0.1) is 6.20 Å². The molecule has 0 unspecified atom stereocenters. The van der Waals surface area contributed by atoms with Gasteiger partial charge in [-0.1, -0.05) is 22.7 Å². The highest BCUT2D eigenvalue weighted by Gasteiger charge is 2.21. The molecular weight excluding hydrogens is 254 g/mol. The zero-order chi connectivity index (χ0) is 13.0. The van der Waals surface area contributed by atoms with Crippen LogP contribution in [0.4, 0.5) is 5.69 Å². The van der Waals surface area contributed by atoms with Crippen LogP contribution in [0.2, 0.25) is 0 Å². The van der Waals surface area contributed by atoms with Crippen molar-refractivity contribution in [2.24, 2.45) is 0 Å². The Morgan fingerprint density at radius 1 is 1.28 bits per heavy atom. The lowest BCUT2D eigenvalue weighted by atomic mass is 10.2. The van der Waals surface area contributed by atoms with Crippen molar-refractivity contribution in [1.29, 1.82) is 0 Å². The van der Waals surface area contributed by atoms with E-state index in [9.17, 15) is 9.59 Å². The monoisotopic (exact) mass is 263 g/mol. The molecule has 2 aromatic rings. The third-order valence-corrected chi connectivity index (χ3v) is 2.83. The first-order valence-corrected chi connectivity index (χ1v) is 5.82. The van der Waals surface area contributed by atoms with Crippen molar-refractivity contribution >= 4 is 29.1 Å². The summed E-state index contributed by atoms with van der Waals surface area (Å²) in [6.07, 6.45) is 1.32. The van der Waals surface area contributed by atoms with Gasteiger partial charge in [0.15, 0.2) is 0 Å². The van der Waals surface area contributed by atoms with Crippen molar-refractivity contribution in [3.8, 4) is 0 Å². The Morgan fingerprint density at radius 3 is 2.56 bits per heavy atom. The van der Waals surface area contributed by atoms with E-state index in [4.69, 9.17) is 5.11 Å². The van der Waals surface area contributed by atoms with Crippen molar-refractivity contribution < 1.29 is 14.7 Å². The van der Waals surface area contributed by atoms with Gasteiger partial charge in [-0.25, -0.2) is 0 Å². The van der Waals surface area contributed by atoms with E-state index in [1.54, 1.807) is 30.3 Å². The largest absolute Gasteiger partial charge is 0.480 e. The van der Waals surface area contributed by atoms with E-state index in [-0.39, 0.29) is 0 Å². The lowest BCUT2D eigenvalue weighted by Crippen LogP contribution is -2.35. The van der Waals surface area contributed by atoms with E-state index in [1.807, 2.05) is 0 Å². The molecule has 1 heterocycles. The second-order valence-corrected chi connectivity index (χ2v) is 4.19. The summed E-state index contributed by atoms with van der Waals surface area (Å²) < 4.78 is 3.60. The van der Waals surface area contributed by atoms with Gasteiger partial charge in [0.1, 0.15) is 11.4 Å². The first kappa shape index (κ1) is 12.2. The van der Waals surface area contributed by atoms with Gasteiger partial charge >= 0.3 is 5.97 Å². The van der Waals surface area contributed by atoms with Crippen LogP contribution in [0, 0.1) is 0 Å². The summed E-state index contributed by atoms with van der Waals surface area (Å²) >= 11 is 0.936. The van der Waals surface area contributed by atoms with Crippen molar-refractivity contribution in [2.75, 3.05) is 11.4 Å². The van der Waals surface area contributed by atoms with Gasteiger partial charge in [-0.2, -0.15) is 0 Å². The van der Waals surface area contributed by atoms with Crippen LogP contribution < -0.4 is 4.90 Å². The zero-order valence-electron chi connectivity index (χ0n) is 9.18. The number of carbonyl (C=O) groups is 2. The van der Waals surface area contributed by atoms with Crippen LogP contribution in [-0.2, 0) is 4.79 Å². The van der Waals surface area contributed by atoms with Crippen LogP contribution in [0.3, 0.4) is 0 Å². The van der Waals surface area contributed by atoms with E-state index in [0.29, 0.717) is 10.6 Å². The quantitative estimate of drug-likeness (QED) is 0.898. The van der Waals surface area contributed by atoms with Gasteiger partial charge < -0.3 is 5.11 Å². The van der Waals surface area contributed by atoms with Gasteiger partial charge in [0.2, 0.25) is 0 Å². The number of para-hydroxylation sites is 1. The van der Waals surface area contributed by atoms with Crippen LogP contribution in [0.25, 0.3) is 0 Å². The molecule has 1 aromatic carbocycles. The molecule has 18 heavy (non-hydrogen) atoms. The molecule has 0 spiro atoms. The molecule has 1 amide bonds. The van der Waals surface area contributed by atoms with Crippen molar-refractivity contribution in [3.63, 3.8) is 0 Å². The Kier molecular flexibility index (Phi) is 3.63. The summed E-state index contributed by atoms with van der Waals surface area (Å²) in [5.74, 6) is -1.50. The molecule has 0 aliphatic heterocycles. The number of carbonyl (C=O) groups excluding carboxylic acids is 1. The maximum absolute atomic E-state index is 12.1. The van der Waals surface area contributed by atoms with Gasteiger partial charge in [-0.05, 0) is 23.7 Å². The third-order valence-electron chi connectivity index (χ3n) is 2.18. The molecule has 92 valence electrons. The fourth-order valence-electron chi connectivity index (χ4n) is 1.42. The number of hydrogen-bond acceptors (Lipinski definition) is 5. The number of carboxylic acids is 1. The number of aromatic nitrogens is 2. The Morgan fingerprint density at radius 2 is 2.00 bits per heavy atom.